The van der Waals surface area contributed by atoms with Gasteiger partial charge in [-0.1, -0.05) is 18.2 Å². The van der Waals surface area contributed by atoms with Crippen molar-refractivity contribution in [2.75, 3.05) is 18.2 Å². The van der Waals surface area contributed by atoms with E-state index in [1.54, 1.807) is 36.4 Å². The molecule has 152 valence electrons. The second kappa shape index (κ2) is 7.94. The molecule has 0 radical (unpaired) electrons. The highest BCUT2D eigenvalue weighted by Gasteiger charge is 2.35. The molecule has 1 N–H and O–H groups in total. The van der Waals surface area contributed by atoms with E-state index < -0.39 is 12.5 Å². The maximum absolute atomic E-state index is 12.5. The molecule has 1 saturated heterocycles. The monoisotopic (exact) mass is 404 g/mol. The first kappa shape index (κ1) is 19.0. The first-order valence-corrected chi connectivity index (χ1v) is 9.01. The lowest BCUT2D eigenvalue weighted by Gasteiger charge is -2.17. The number of ether oxygens (including phenoxy) is 3. The Hall–Kier alpha value is -3.36. The molecular formula is C20H18F2N2O5. The van der Waals surface area contributed by atoms with Crippen LogP contribution in [0.3, 0.4) is 0 Å². The summed E-state index contributed by atoms with van der Waals surface area (Å²) in [5.74, 6) is 0.125. The van der Waals surface area contributed by atoms with Crippen LogP contribution in [0.25, 0.3) is 0 Å². The van der Waals surface area contributed by atoms with Crippen LogP contribution in [-0.4, -0.2) is 31.8 Å². The van der Waals surface area contributed by atoms with Crippen LogP contribution in [0, 0.1) is 5.92 Å². The van der Waals surface area contributed by atoms with Crippen molar-refractivity contribution in [2.24, 2.45) is 5.92 Å². The van der Waals surface area contributed by atoms with Gasteiger partial charge in [0.1, 0.15) is 5.75 Å². The number of nitrogens with one attached hydrogen (secondary N) is 1. The summed E-state index contributed by atoms with van der Waals surface area (Å²) < 4.78 is 40.1. The highest BCUT2D eigenvalue weighted by molar-refractivity contribution is 6.00. The van der Waals surface area contributed by atoms with Crippen LogP contribution in [0.5, 0.6) is 17.2 Å². The third-order valence-electron chi connectivity index (χ3n) is 4.81. The normalized spacial score (nSPS) is 17.7. The summed E-state index contributed by atoms with van der Waals surface area (Å²) in [7, 11) is 0. The van der Waals surface area contributed by atoms with Gasteiger partial charge >= 0.3 is 6.61 Å². The summed E-state index contributed by atoms with van der Waals surface area (Å²) in [6.45, 7) is -2.57. The number of para-hydroxylation sites is 1. The number of anilines is 1. The van der Waals surface area contributed by atoms with Gasteiger partial charge in [0.2, 0.25) is 18.6 Å². The Kier molecular flexibility index (Phi) is 5.20. The van der Waals surface area contributed by atoms with E-state index in [-0.39, 0.29) is 43.9 Å². The van der Waals surface area contributed by atoms with Gasteiger partial charge in [-0.2, -0.15) is 8.78 Å². The number of carbonyl (C=O) groups excluding carboxylic acids is 2. The Morgan fingerprint density at radius 3 is 2.83 bits per heavy atom. The predicted octanol–water partition coefficient (Wildman–Crippen LogP) is 2.69. The number of amides is 2. The van der Waals surface area contributed by atoms with Gasteiger partial charge in [0.15, 0.2) is 11.5 Å². The van der Waals surface area contributed by atoms with Gasteiger partial charge in [0, 0.05) is 36.8 Å². The quantitative estimate of drug-likeness (QED) is 0.801. The minimum atomic E-state index is -2.95. The molecule has 0 spiro atoms. The zero-order valence-corrected chi connectivity index (χ0v) is 15.3. The van der Waals surface area contributed by atoms with Gasteiger partial charge in [0.25, 0.3) is 0 Å². The number of benzene rings is 2. The second-order valence-corrected chi connectivity index (χ2v) is 6.65. The molecule has 2 aliphatic heterocycles. The molecule has 0 aromatic heterocycles. The molecular weight excluding hydrogens is 386 g/mol. The predicted molar refractivity (Wildman–Crippen MR) is 97.9 cm³/mol. The summed E-state index contributed by atoms with van der Waals surface area (Å²) in [5, 5.41) is 2.70. The Morgan fingerprint density at radius 1 is 1.21 bits per heavy atom. The minimum Gasteiger partial charge on any atom is -0.454 e. The second-order valence-electron chi connectivity index (χ2n) is 6.65. The molecule has 1 fully saturated rings. The molecule has 7 nitrogen and oxygen atoms in total. The fourth-order valence-corrected chi connectivity index (χ4v) is 3.37. The molecule has 2 aliphatic rings. The van der Waals surface area contributed by atoms with E-state index in [0.29, 0.717) is 22.7 Å². The highest BCUT2D eigenvalue weighted by Crippen LogP contribution is 2.37. The zero-order valence-electron chi connectivity index (χ0n) is 15.3. The van der Waals surface area contributed by atoms with Crippen molar-refractivity contribution in [2.45, 2.75) is 19.6 Å². The van der Waals surface area contributed by atoms with E-state index in [1.807, 2.05) is 0 Å². The maximum Gasteiger partial charge on any atom is 0.387 e. The Morgan fingerprint density at radius 2 is 2.00 bits per heavy atom. The van der Waals surface area contributed by atoms with Crippen LogP contribution in [0.15, 0.2) is 42.5 Å². The molecule has 2 heterocycles. The summed E-state index contributed by atoms with van der Waals surface area (Å²) >= 11 is 0. The largest absolute Gasteiger partial charge is 0.454 e. The zero-order chi connectivity index (χ0) is 20.4. The van der Waals surface area contributed by atoms with Gasteiger partial charge in [0.05, 0.1) is 5.92 Å². The SMILES string of the molecule is O=C(NCc1ccccc1OC(F)F)C1CC(=O)N(c2ccc3c(c2)OCO3)C1. The lowest BCUT2D eigenvalue weighted by molar-refractivity contribution is -0.126. The van der Waals surface area contributed by atoms with Gasteiger partial charge in [-0.15, -0.1) is 0 Å². The standard InChI is InChI=1S/C20H18F2N2O5/c21-20(22)29-15-4-2-1-3-12(15)9-23-19(26)13-7-18(25)24(10-13)14-5-6-16-17(8-14)28-11-27-16/h1-6,8,13,20H,7,9-11H2,(H,23,26). The van der Waals surface area contributed by atoms with Crippen molar-refractivity contribution in [1.82, 2.24) is 5.32 Å². The lowest BCUT2D eigenvalue weighted by atomic mass is 10.1. The molecule has 29 heavy (non-hydrogen) atoms. The fraction of sp³-hybridized carbons (Fsp3) is 0.300. The van der Waals surface area contributed by atoms with Crippen molar-refractivity contribution < 1.29 is 32.6 Å². The molecule has 1 atom stereocenters. The van der Waals surface area contributed by atoms with Crippen LogP contribution in [-0.2, 0) is 16.1 Å². The number of rotatable bonds is 6. The number of alkyl halides is 2. The summed E-state index contributed by atoms with van der Waals surface area (Å²) in [6, 6.07) is 11.4. The van der Waals surface area contributed by atoms with Crippen molar-refractivity contribution in [1.29, 1.82) is 0 Å². The van der Waals surface area contributed by atoms with Crippen molar-refractivity contribution in [3.8, 4) is 17.2 Å². The average molecular weight is 404 g/mol. The Bertz CT molecular complexity index is 937. The number of halogens is 2. The third-order valence-corrected chi connectivity index (χ3v) is 4.81. The van der Waals surface area contributed by atoms with Crippen molar-refractivity contribution >= 4 is 17.5 Å². The lowest BCUT2D eigenvalue weighted by Crippen LogP contribution is -2.32. The van der Waals surface area contributed by atoms with Crippen molar-refractivity contribution in [3.05, 3.63) is 48.0 Å². The van der Waals surface area contributed by atoms with E-state index in [0.717, 1.165) is 0 Å². The van der Waals surface area contributed by atoms with Crippen LogP contribution < -0.4 is 24.4 Å². The third kappa shape index (κ3) is 4.08. The van der Waals surface area contributed by atoms with Gasteiger partial charge in [-0.05, 0) is 18.2 Å². The number of hydrogen-bond acceptors (Lipinski definition) is 5. The molecule has 0 saturated carbocycles. The molecule has 0 aliphatic carbocycles. The Labute approximate surface area is 165 Å². The molecule has 4 rings (SSSR count). The minimum absolute atomic E-state index is 0.00675. The van der Waals surface area contributed by atoms with Crippen LogP contribution in [0.4, 0.5) is 14.5 Å². The fourth-order valence-electron chi connectivity index (χ4n) is 3.37. The number of hydrogen-bond donors (Lipinski definition) is 1. The molecule has 0 bridgehead atoms. The molecule has 2 aromatic carbocycles. The van der Waals surface area contributed by atoms with E-state index in [9.17, 15) is 18.4 Å². The van der Waals surface area contributed by atoms with Crippen molar-refractivity contribution in [3.63, 3.8) is 0 Å². The molecule has 1 unspecified atom stereocenters. The van der Waals surface area contributed by atoms with Crippen LogP contribution >= 0.6 is 0 Å². The van der Waals surface area contributed by atoms with Gasteiger partial charge in [-0.25, -0.2) is 0 Å². The maximum atomic E-state index is 12.5. The summed E-state index contributed by atoms with van der Waals surface area (Å²) in [6.07, 6.45) is 0.0649. The van der Waals surface area contributed by atoms with E-state index >= 15 is 0 Å². The van der Waals surface area contributed by atoms with Crippen LogP contribution in [0.1, 0.15) is 12.0 Å². The molecule has 9 heteroatoms. The first-order valence-electron chi connectivity index (χ1n) is 9.01. The number of nitrogens with zero attached hydrogens (tertiary/aromatic N) is 1. The number of carbonyl (C=O) groups is 2. The topological polar surface area (TPSA) is 77.1 Å². The smallest absolute Gasteiger partial charge is 0.387 e. The average Bonchev–Trinajstić information content (AvgIpc) is 3.32. The first-order chi connectivity index (χ1) is 14.0. The summed E-state index contributed by atoms with van der Waals surface area (Å²) in [5.41, 5.74) is 1.06. The number of fused-ring (bicyclic) bond motifs is 1. The van der Waals surface area contributed by atoms with E-state index in [2.05, 4.69) is 10.1 Å². The van der Waals surface area contributed by atoms with E-state index in [1.165, 1.54) is 11.0 Å². The summed E-state index contributed by atoms with van der Waals surface area (Å²) in [4.78, 5) is 26.5. The highest BCUT2D eigenvalue weighted by atomic mass is 19.3. The van der Waals surface area contributed by atoms with Gasteiger partial charge < -0.3 is 24.4 Å². The van der Waals surface area contributed by atoms with Gasteiger partial charge in [-0.3, -0.25) is 9.59 Å². The van der Waals surface area contributed by atoms with E-state index in [4.69, 9.17) is 9.47 Å². The molecule has 2 aromatic rings. The Balaban J connectivity index is 1.39. The van der Waals surface area contributed by atoms with Crippen LogP contribution in [0.2, 0.25) is 0 Å². The molecule has 2 amide bonds.